The van der Waals surface area contributed by atoms with Crippen LogP contribution < -0.4 is 11.3 Å². The number of hydrogen-bond donors (Lipinski definition) is 7. The molecule has 472 valence electrons. The van der Waals surface area contributed by atoms with E-state index in [1.165, 1.54) is 44.7 Å². The maximum Gasteiger partial charge on any atom is 0.358 e. The molecule has 0 aliphatic carbocycles. The van der Waals surface area contributed by atoms with E-state index in [0.29, 0.717) is 51.0 Å². The number of esters is 8. The number of fused-ring (bicyclic) bond motifs is 4. The zero-order chi connectivity index (χ0) is 66.2. The highest BCUT2D eigenvalue weighted by molar-refractivity contribution is 9.10. The van der Waals surface area contributed by atoms with E-state index in [4.69, 9.17) is 39.8 Å². The first-order chi connectivity index (χ1) is 42.7. The fourth-order valence-electron chi connectivity index (χ4n) is 6.63. The minimum atomic E-state index is -1.31. The number of aromatic carboxylic acids is 1. The topological polar surface area (TPSA) is 493 Å². The van der Waals surface area contributed by atoms with Crippen molar-refractivity contribution in [3.63, 3.8) is 0 Å². The molecule has 0 radical (unpaired) electrons. The van der Waals surface area contributed by atoms with E-state index in [9.17, 15) is 47.9 Å². The number of aromatic amines is 5. The average Bonchev–Trinajstić information content (AvgIpc) is 2.26. The second-order valence-electron chi connectivity index (χ2n) is 15.9. The monoisotopic (exact) mass is 1300 g/mol. The van der Waals surface area contributed by atoms with Gasteiger partial charge in [-0.15, -0.1) is 0 Å². The van der Waals surface area contributed by atoms with E-state index < -0.39 is 53.8 Å². The number of nitrogens with two attached hydrogens (primary N) is 1. The van der Waals surface area contributed by atoms with Gasteiger partial charge in [-0.05, 0) is 64.4 Å². The standard InChI is InChI=1S/C11H11N3O4.C10H9N3O4.C9H8BrN3O2.C9H9N3O3.C8H10NO3.C7H13NO4/c1-3-18-10(15)6-4-12-8-7(6)13-5-14-9(8)11(16)17-2;1-2-17-10(16)5-3-11-7-6(5)12-4-13-8(7)9(14)15;1-2-15-9(14)5-3-11-7-6(5)12-4-13-8(7)10;1-2-15-9(14)5-3-10-7-6(5)11-4-12-8(7)13;1-3-11-6-7(5-9)8(10)12-4-2;1-3-11-6(9)5(8)7(10)12-4-2/h4-5,12H,3H2,1-2H3;3-4,11H,2H2,1H3,(H,14,15);3-4,11H,2H2,1H3;3-4,10H,2H2,1H3,(H,11,12,13);6H,2-4H2,1H3;5H,3-4,8H2,1-2H3/q;;;;+1;/b;;;;7-6+;. The van der Waals surface area contributed by atoms with Crippen LogP contribution in [0.3, 0.4) is 0 Å². The zero-order valence-electron chi connectivity index (χ0n) is 48.9. The predicted octanol–water partition coefficient (Wildman–Crippen LogP) is 4.33. The zero-order valence-corrected chi connectivity index (χ0v) is 50.5. The molecule has 0 amide bonds. The summed E-state index contributed by atoms with van der Waals surface area (Å²) in [5, 5.41) is 17.3. The maximum atomic E-state index is 11.7. The number of nitrogens with one attached hydrogen (secondary N) is 5. The molecule has 34 nitrogen and oxygen atoms in total. The number of rotatable bonds is 18. The minimum absolute atomic E-state index is 0.00395. The van der Waals surface area contributed by atoms with Crippen molar-refractivity contribution in [2.75, 3.05) is 60.0 Å². The van der Waals surface area contributed by atoms with E-state index in [-0.39, 0.29) is 101 Å². The molecule has 8 heterocycles. The largest absolute Gasteiger partial charge is 0.500 e. The van der Waals surface area contributed by atoms with Gasteiger partial charge in [0.2, 0.25) is 12.6 Å². The number of carbonyl (C=O) groups is 9. The number of methoxy groups -OCH3 is 1. The van der Waals surface area contributed by atoms with Crippen LogP contribution in [0, 0.1) is 18.3 Å². The molecule has 0 saturated heterocycles. The molecular formula is C54H60BrN14O20+. The van der Waals surface area contributed by atoms with Crippen LogP contribution in [0.5, 0.6) is 0 Å². The number of nitriles is 1. The minimum Gasteiger partial charge on any atom is -0.500 e. The number of carbonyl (C=O) groups excluding carboxylic acids is 8. The summed E-state index contributed by atoms with van der Waals surface area (Å²) < 4.78 is 42.9. The molecule has 0 fully saturated rings. The molecule has 0 aliphatic heterocycles. The van der Waals surface area contributed by atoms with Crippen molar-refractivity contribution in [2.45, 2.75) is 54.5 Å². The highest BCUT2D eigenvalue weighted by atomic mass is 79.9. The predicted molar refractivity (Wildman–Crippen MR) is 311 cm³/mol. The number of H-pyrrole nitrogens is 5. The summed E-state index contributed by atoms with van der Waals surface area (Å²) >= 11 is 3.26. The summed E-state index contributed by atoms with van der Waals surface area (Å²) in [7, 11) is 1.26. The summed E-state index contributed by atoms with van der Waals surface area (Å²) in [6, 6.07) is 0.340. The smallest absolute Gasteiger partial charge is 0.358 e. The molecule has 35 heteroatoms. The molecule has 8 aromatic rings. The van der Waals surface area contributed by atoms with E-state index in [2.05, 4.69) is 102 Å². The van der Waals surface area contributed by atoms with Gasteiger partial charge in [0.15, 0.2) is 17.0 Å². The Morgan fingerprint density at radius 2 is 0.955 bits per heavy atom. The summed E-state index contributed by atoms with van der Waals surface area (Å²) in [6.07, 6.45) is 11.8. The fourth-order valence-corrected chi connectivity index (χ4v) is 7.02. The van der Waals surface area contributed by atoms with Gasteiger partial charge in [-0.3, -0.25) is 4.79 Å². The van der Waals surface area contributed by atoms with Crippen LogP contribution in [0.1, 0.15) is 111 Å². The van der Waals surface area contributed by atoms with Crippen LogP contribution in [0.25, 0.3) is 44.1 Å². The van der Waals surface area contributed by atoms with Crippen molar-refractivity contribution in [1.82, 2.24) is 59.8 Å². The molecule has 0 unspecified atom stereocenters. The molecule has 89 heavy (non-hydrogen) atoms. The first-order valence-electron chi connectivity index (χ1n) is 26.1. The van der Waals surface area contributed by atoms with Gasteiger partial charge in [0.1, 0.15) is 92.7 Å². The Kier molecular flexibility index (Phi) is 30.2. The highest BCUT2D eigenvalue weighted by Gasteiger charge is 2.25. The van der Waals surface area contributed by atoms with Gasteiger partial charge in [-0.1, -0.05) is 0 Å². The first kappa shape index (κ1) is 72.1. The third kappa shape index (κ3) is 20.2. The number of halogens is 1. The van der Waals surface area contributed by atoms with E-state index in [0.717, 1.165) is 12.6 Å². The van der Waals surface area contributed by atoms with E-state index in [1.807, 2.05) is 0 Å². The Morgan fingerprint density at radius 1 is 0.562 bits per heavy atom. The number of nitrogens with zero attached hydrogens (tertiary/aromatic N) is 8. The first-order valence-corrected chi connectivity index (χ1v) is 26.9. The summed E-state index contributed by atoms with van der Waals surface area (Å²) in [5.41, 5.74) is 8.81. The van der Waals surface area contributed by atoms with Gasteiger partial charge >= 0.3 is 53.7 Å². The maximum absolute atomic E-state index is 11.7. The van der Waals surface area contributed by atoms with Gasteiger partial charge in [-0.25, -0.2) is 78.0 Å². The molecule has 8 rings (SSSR count). The fraction of sp³-hybridized carbons (Fsp3) is 0.315. The molecule has 0 aromatic carbocycles. The highest BCUT2D eigenvalue weighted by Crippen LogP contribution is 2.23. The second kappa shape index (κ2) is 37.3. The number of carboxylic acid groups (broad SMARTS) is 1. The molecule has 0 bridgehead atoms. The quantitative estimate of drug-likeness (QED) is 0.00918. The lowest BCUT2D eigenvalue weighted by atomic mass is 10.2. The molecule has 0 atom stereocenters. The van der Waals surface area contributed by atoms with Gasteiger partial charge in [-0.2, -0.15) is 5.26 Å². The Balaban J connectivity index is 0.000000281. The van der Waals surface area contributed by atoms with Crippen molar-refractivity contribution in [2.24, 2.45) is 5.73 Å². The van der Waals surface area contributed by atoms with Crippen LogP contribution in [0.2, 0.25) is 0 Å². The van der Waals surface area contributed by atoms with Gasteiger partial charge < -0.3 is 78.4 Å². The van der Waals surface area contributed by atoms with Crippen molar-refractivity contribution in [3.05, 3.63) is 117 Å². The van der Waals surface area contributed by atoms with Crippen LogP contribution in [-0.2, 0) is 57.0 Å². The number of carboxylic acids is 1. The summed E-state index contributed by atoms with van der Waals surface area (Å²) in [5.74, 6) is -5.91. The van der Waals surface area contributed by atoms with Crippen molar-refractivity contribution >= 4 is 114 Å². The van der Waals surface area contributed by atoms with Crippen molar-refractivity contribution in [1.29, 1.82) is 5.26 Å². The van der Waals surface area contributed by atoms with E-state index >= 15 is 0 Å². The van der Waals surface area contributed by atoms with Crippen molar-refractivity contribution in [3.8, 4) is 6.07 Å². The van der Waals surface area contributed by atoms with E-state index in [1.54, 1.807) is 60.7 Å². The van der Waals surface area contributed by atoms with Gasteiger partial charge in [0.05, 0.1) is 76.2 Å². The Bertz CT molecular complexity index is 3860. The molecule has 8 N–H and O–H groups in total. The summed E-state index contributed by atoms with van der Waals surface area (Å²) in [6.45, 7) is 17.1. The van der Waals surface area contributed by atoms with Gasteiger partial charge in [0, 0.05) is 24.8 Å². The van der Waals surface area contributed by atoms with Crippen LogP contribution in [0.4, 0.5) is 0 Å². The Labute approximate surface area is 511 Å². The average molecular weight is 1310 g/mol. The van der Waals surface area contributed by atoms with Gasteiger partial charge in [0.25, 0.3) is 5.56 Å². The SMILES string of the molecule is CCOC(=O)C(N)C(=O)OCC.CCOC(=O)c1c[nH]c2c(=O)[nH]cnc12.CCOC(=O)c1c[nH]c2c(Br)ncnc12.CCOC(=O)c1c[nH]c2c(C(=O)O)ncnc12.CCOC(=O)c1c[nH]c2c(C(=O)OC)ncnc12.[CH2+]COC(=O)/C(C#N)=C/OCC. The van der Waals surface area contributed by atoms with Crippen molar-refractivity contribution < 1.29 is 90.9 Å². The Hall–Kier alpha value is -11.2. The molecular weight excluding hydrogens is 1240 g/mol. The molecule has 8 aromatic heterocycles. The third-order valence-corrected chi connectivity index (χ3v) is 11.0. The lowest BCUT2D eigenvalue weighted by Crippen LogP contribution is -2.41. The molecule has 0 saturated carbocycles. The van der Waals surface area contributed by atoms with Crippen LogP contribution in [0.15, 0.2) is 71.3 Å². The molecule has 0 aliphatic rings. The number of aromatic nitrogens is 12. The van der Waals surface area contributed by atoms with Crippen LogP contribution in [-0.4, -0.2) is 185 Å². The lowest BCUT2D eigenvalue weighted by molar-refractivity contribution is -0.156. The second-order valence-corrected chi connectivity index (χ2v) is 16.7. The lowest BCUT2D eigenvalue weighted by Gasteiger charge is -2.08. The number of hydrogen-bond acceptors (Lipinski definition) is 28. The third-order valence-electron chi connectivity index (χ3n) is 10.4. The Morgan fingerprint density at radius 3 is 1.36 bits per heavy atom. The molecule has 0 spiro atoms. The number of ether oxygens (including phenoxy) is 9. The summed E-state index contributed by atoms with van der Waals surface area (Å²) in [4.78, 5) is 153. The van der Waals surface area contributed by atoms with Crippen LogP contribution >= 0.6 is 15.9 Å². The normalized spacial score (nSPS) is 10.3.